The van der Waals surface area contributed by atoms with Gasteiger partial charge in [-0.2, -0.15) is 0 Å². The number of hydrogen-bond donors (Lipinski definition) is 3. The Labute approximate surface area is 435 Å². The number of amides is 2. The van der Waals surface area contributed by atoms with E-state index in [2.05, 4.69) is 128 Å². The van der Waals surface area contributed by atoms with Crippen molar-refractivity contribution >= 4 is 82.7 Å². The van der Waals surface area contributed by atoms with Crippen LogP contribution in [0.1, 0.15) is 61.3 Å². The van der Waals surface area contributed by atoms with Crippen LogP contribution in [0.3, 0.4) is 0 Å². The normalized spacial score (nSPS) is 13.9. The van der Waals surface area contributed by atoms with Gasteiger partial charge in [-0.1, -0.05) is 74.6 Å². The zero-order valence-corrected chi connectivity index (χ0v) is 44.1. The van der Waals surface area contributed by atoms with Gasteiger partial charge in [0.2, 0.25) is 0 Å². The van der Waals surface area contributed by atoms with E-state index < -0.39 is 0 Å². The Bertz CT molecular complexity index is 2870. The van der Waals surface area contributed by atoms with E-state index in [1.54, 1.807) is 22.7 Å². The fraction of sp³-hybridized carbons (Fsp3) is 0.400. The number of aromatic nitrogens is 4. The molecule has 0 spiro atoms. The fourth-order valence-electron chi connectivity index (χ4n) is 9.22. The molecule has 6 heterocycles. The number of benzene rings is 4. The van der Waals surface area contributed by atoms with Gasteiger partial charge >= 0.3 is 0 Å². The number of carbonyl (C=O) groups excluding carboxylic acids is 2. The highest BCUT2D eigenvalue weighted by Crippen LogP contribution is 2.33. The standard InChI is InChI=1S/2C27H33N5O2S.CH2O2/c2*1-3-30(4-2)12-6-11-28-26(33)21-9-10-24-25(18-21)35-27-29-23(19-32(24)27)20-7-5-8-22(17-20)31-13-15-34-16-14-31;2-1-3/h2*5,7-10,17-19H,3-4,6,11-16H2,1-2H3,(H,28,33);1H,(H,2,3). The monoisotopic (exact) mass is 1030 g/mol. The highest BCUT2D eigenvalue weighted by molar-refractivity contribution is 7.24. The van der Waals surface area contributed by atoms with Gasteiger partial charge in [0.15, 0.2) is 9.92 Å². The maximum Gasteiger partial charge on any atom is 0.290 e. The molecule has 16 nitrogen and oxygen atoms in total. The molecule has 0 unspecified atom stereocenters. The van der Waals surface area contributed by atoms with Crippen LogP contribution in [0.25, 0.3) is 52.9 Å². The number of carboxylic acid groups (broad SMARTS) is 1. The molecule has 0 bridgehead atoms. The van der Waals surface area contributed by atoms with Crippen molar-refractivity contribution in [3.63, 3.8) is 0 Å². The van der Waals surface area contributed by atoms with Crippen LogP contribution in [-0.2, 0) is 14.3 Å². The van der Waals surface area contributed by atoms with Crippen molar-refractivity contribution < 1.29 is 29.0 Å². The van der Waals surface area contributed by atoms with E-state index in [4.69, 9.17) is 29.3 Å². The summed E-state index contributed by atoms with van der Waals surface area (Å²) in [5.74, 6) is -0.0313. The molecule has 2 amide bonds. The van der Waals surface area contributed by atoms with Gasteiger partial charge in [-0.3, -0.25) is 23.2 Å². The van der Waals surface area contributed by atoms with Gasteiger partial charge in [-0.05, 0) is 113 Å². The van der Waals surface area contributed by atoms with Crippen molar-refractivity contribution in [2.24, 2.45) is 0 Å². The lowest BCUT2D eigenvalue weighted by atomic mass is 10.1. The number of anilines is 2. The van der Waals surface area contributed by atoms with Crippen LogP contribution >= 0.6 is 22.7 Å². The molecule has 4 aromatic carbocycles. The molecule has 4 aromatic heterocycles. The molecule has 0 atom stereocenters. The Morgan fingerprint density at radius 1 is 0.616 bits per heavy atom. The van der Waals surface area contributed by atoms with Gasteiger partial charge in [-0.15, -0.1) is 0 Å². The Morgan fingerprint density at radius 2 is 1.01 bits per heavy atom. The first-order valence-corrected chi connectivity index (χ1v) is 27.2. The van der Waals surface area contributed by atoms with E-state index in [-0.39, 0.29) is 18.3 Å². The van der Waals surface area contributed by atoms with Crippen LogP contribution in [0.5, 0.6) is 0 Å². The molecule has 3 N–H and O–H groups in total. The number of fused-ring (bicyclic) bond motifs is 6. The molecular weight excluding hydrogens is 961 g/mol. The quantitative estimate of drug-likeness (QED) is 0.0555. The summed E-state index contributed by atoms with van der Waals surface area (Å²) in [4.78, 5) is 54.8. The second-order valence-electron chi connectivity index (χ2n) is 17.8. The molecule has 0 radical (unpaired) electrons. The summed E-state index contributed by atoms with van der Waals surface area (Å²) in [7, 11) is 0. The lowest BCUT2D eigenvalue weighted by molar-refractivity contribution is -0.122. The number of thiazole rings is 2. The second kappa shape index (κ2) is 26.0. The van der Waals surface area contributed by atoms with Crippen molar-refractivity contribution in [1.82, 2.24) is 39.2 Å². The highest BCUT2D eigenvalue weighted by Gasteiger charge is 2.18. The van der Waals surface area contributed by atoms with Gasteiger partial charge in [0, 0.05) is 85.3 Å². The van der Waals surface area contributed by atoms with Gasteiger partial charge in [0.05, 0.1) is 58.2 Å². The average molecular weight is 1030 g/mol. The summed E-state index contributed by atoms with van der Waals surface area (Å²) in [6.45, 7) is 22.7. The lowest BCUT2D eigenvalue weighted by Crippen LogP contribution is -2.36. The summed E-state index contributed by atoms with van der Waals surface area (Å²) in [5, 5.41) is 13.0. The molecule has 8 aromatic rings. The van der Waals surface area contributed by atoms with Crippen LogP contribution in [0, 0.1) is 0 Å². The van der Waals surface area contributed by atoms with Crippen LogP contribution in [-0.4, -0.2) is 157 Å². The van der Waals surface area contributed by atoms with Gasteiger partial charge in [0.1, 0.15) is 0 Å². The van der Waals surface area contributed by atoms with E-state index in [0.29, 0.717) is 24.2 Å². The SMILES string of the molecule is CCN(CC)CCCNC(=O)c1ccc2c(c1)sc1nc(-c3cccc(N4CCOCC4)c3)cn12.CCN(CC)CCCNC(=O)c1ccc2c(c1)sc1nc(-c3cccc(N4CCOCC4)c3)cn12.O=CO. The Kier molecular flexibility index (Phi) is 18.8. The van der Waals surface area contributed by atoms with E-state index in [1.807, 2.05) is 36.4 Å². The lowest BCUT2D eigenvalue weighted by Gasteiger charge is -2.29. The molecule has 73 heavy (non-hydrogen) atoms. The summed E-state index contributed by atoms with van der Waals surface area (Å²) in [6.07, 6.45) is 6.11. The minimum Gasteiger partial charge on any atom is -0.483 e. The maximum atomic E-state index is 12.7. The third-order valence-corrected chi connectivity index (χ3v) is 15.4. The smallest absolute Gasteiger partial charge is 0.290 e. The van der Waals surface area contributed by atoms with Crippen molar-refractivity contribution in [3.05, 3.63) is 108 Å². The number of nitrogens with zero attached hydrogens (tertiary/aromatic N) is 8. The number of rotatable bonds is 18. The minimum atomic E-state index is -0.250. The molecule has 0 saturated carbocycles. The number of ether oxygens (including phenoxy) is 2. The molecular formula is C55H68N10O6S2. The third-order valence-electron chi connectivity index (χ3n) is 13.4. The number of nitrogens with one attached hydrogen (secondary N) is 2. The number of morpholine rings is 2. The van der Waals surface area contributed by atoms with Gasteiger partial charge < -0.3 is 44.8 Å². The molecule has 2 aliphatic rings. The van der Waals surface area contributed by atoms with Crippen molar-refractivity contribution in [1.29, 1.82) is 0 Å². The van der Waals surface area contributed by atoms with E-state index in [0.717, 1.165) is 158 Å². The van der Waals surface area contributed by atoms with E-state index in [1.165, 1.54) is 11.4 Å². The van der Waals surface area contributed by atoms with E-state index in [9.17, 15) is 9.59 Å². The zero-order chi connectivity index (χ0) is 51.1. The first kappa shape index (κ1) is 52.9. The largest absolute Gasteiger partial charge is 0.483 e. The first-order chi connectivity index (χ1) is 35.7. The van der Waals surface area contributed by atoms with Crippen LogP contribution in [0.15, 0.2) is 97.3 Å². The van der Waals surface area contributed by atoms with Crippen LogP contribution in [0.4, 0.5) is 11.4 Å². The highest BCUT2D eigenvalue weighted by atomic mass is 32.1. The minimum absolute atomic E-state index is 0.0156. The fourth-order valence-corrected chi connectivity index (χ4v) is 11.3. The summed E-state index contributed by atoms with van der Waals surface area (Å²) in [6, 6.07) is 29.0. The molecule has 386 valence electrons. The number of imidazole rings is 2. The Hall–Kier alpha value is -6.41. The molecule has 0 aliphatic carbocycles. The Balaban J connectivity index is 0.000000185. The molecule has 18 heteroatoms. The predicted molar refractivity (Wildman–Crippen MR) is 296 cm³/mol. The number of hydrogen-bond acceptors (Lipinski definition) is 13. The third kappa shape index (κ3) is 13.2. The van der Waals surface area contributed by atoms with Gasteiger partial charge in [-0.25, -0.2) is 9.97 Å². The second-order valence-corrected chi connectivity index (χ2v) is 19.8. The average Bonchev–Trinajstić information content (AvgIpc) is 4.22. The van der Waals surface area contributed by atoms with Crippen molar-refractivity contribution in [2.45, 2.75) is 40.5 Å². The van der Waals surface area contributed by atoms with Crippen LogP contribution < -0.4 is 20.4 Å². The van der Waals surface area contributed by atoms with Crippen molar-refractivity contribution in [2.75, 3.05) is 115 Å². The molecule has 2 saturated heterocycles. The van der Waals surface area contributed by atoms with E-state index >= 15 is 0 Å². The topological polar surface area (TPSA) is 162 Å². The van der Waals surface area contributed by atoms with Crippen LogP contribution in [0.2, 0.25) is 0 Å². The first-order valence-electron chi connectivity index (χ1n) is 25.5. The zero-order valence-electron chi connectivity index (χ0n) is 42.4. The Morgan fingerprint density at radius 3 is 1.40 bits per heavy atom. The van der Waals surface area contributed by atoms with Gasteiger partial charge in [0.25, 0.3) is 18.3 Å². The summed E-state index contributed by atoms with van der Waals surface area (Å²) < 4.78 is 17.4. The predicted octanol–water partition coefficient (Wildman–Crippen LogP) is 8.73. The molecule has 2 fully saturated rings. The number of carbonyl (C=O) groups is 3. The maximum absolute atomic E-state index is 12.7. The summed E-state index contributed by atoms with van der Waals surface area (Å²) >= 11 is 3.23. The molecule has 10 rings (SSSR count). The van der Waals surface area contributed by atoms with Crippen molar-refractivity contribution in [3.8, 4) is 22.5 Å². The summed E-state index contributed by atoms with van der Waals surface area (Å²) in [5.41, 5.74) is 10.1. The molecule has 2 aliphatic heterocycles.